The van der Waals surface area contributed by atoms with Gasteiger partial charge in [-0.1, -0.05) is 0 Å². The number of piperidine rings is 1. The lowest BCUT2D eigenvalue weighted by Crippen LogP contribution is -2.49. The van der Waals surface area contributed by atoms with E-state index in [4.69, 9.17) is 11.1 Å². The molecule has 2 amide bonds. The van der Waals surface area contributed by atoms with Gasteiger partial charge in [-0.2, -0.15) is 0 Å². The van der Waals surface area contributed by atoms with Gasteiger partial charge in [0.25, 0.3) is 5.92 Å². The van der Waals surface area contributed by atoms with Crippen LogP contribution >= 0.6 is 0 Å². The second-order valence-corrected chi connectivity index (χ2v) is 8.54. The van der Waals surface area contributed by atoms with Crippen LogP contribution in [-0.4, -0.2) is 47.8 Å². The molecular formula is C21H28F2N4O2. The van der Waals surface area contributed by atoms with E-state index in [-0.39, 0.29) is 43.2 Å². The van der Waals surface area contributed by atoms with E-state index in [2.05, 4.69) is 5.32 Å². The molecule has 1 saturated heterocycles. The molecule has 2 fully saturated rings. The predicted molar refractivity (Wildman–Crippen MR) is 106 cm³/mol. The van der Waals surface area contributed by atoms with Crippen molar-refractivity contribution < 1.29 is 18.7 Å². The number of hydrogen-bond donors (Lipinski definition) is 4. The van der Waals surface area contributed by atoms with Crippen LogP contribution in [0.2, 0.25) is 0 Å². The Kier molecular flexibility index (Phi) is 5.23. The molecule has 4 rings (SSSR count). The number of aliphatic hydroxyl groups is 1. The zero-order valence-corrected chi connectivity index (χ0v) is 16.4. The number of nitrogens with one attached hydrogen (secondary N) is 2. The number of carbonyl (C=O) groups excluding carboxylic acids is 1. The zero-order valence-electron chi connectivity index (χ0n) is 16.4. The smallest absolute Gasteiger partial charge is 0.317 e. The number of carbonyl (C=O) groups is 1. The lowest BCUT2D eigenvalue weighted by Gasteiger charge is -2.39. The highest BCUT2D eigenvalue weighted by atomic mass is 19.3. The molecule has 2 aliphatic carbocycles. The van der Waals surface area contributed by atoms with Crippen LogP contribution in [0.1, 0.15) is 54.0 Å². The molecule has 3 aliphatic rings. The lowest BCUT2D eigenvalue weighted by molar-refractivity contribution is -0.159. The SMILES string of the molecule is N=Cc1cc2c(c([C@@H](O)C(F)(F)C3CCN(C(=O)NCC4CC4)CC3)c1N)CC2. The molecule has 158 valence electrons. The van der Waals surface area contributed by atoms with Gasteiger partial charge >= 0.3 is 6.03 Å². The van der Waals surface area contributed by atoms with Crippen molar-refractivity contribution in [3.63, 3.8) is 0 Å². The Balaban J connectivity index is 1.44. The number of rotatable bonds is 6. The monoisotopic (exact) mass is 406 g/mol. The molecule has 8 heteroatoms. The number of likely N-dealkylation sites (tertiary alicyclic amines) is 1. The van der Waals surface area contributed by atoms with Crippen molar-refractivity contribution in [2.75, 3.05) is 25.4 Å². The van der Waals surface area contributed by atoms with Gasteiger partial charge in [0, 0.05) is 48.6 Å². The van der Waals surface area contributed by atoms with Crippen LogP contribution in [0.5, 0.6) is 0 Å². The van der Waals surface area contributed by atoms with E-state index in [9.17, 15) is 9.90 Å². The van der Waals surface area contributed by atoms with Gasteiger partial charge in [0.05, 0.1) is 0 Å². The molecule has 1 atom stereocenters. The highest BCUT2D eigenvalue weighted by Gasteiger charge is 2.50. The number of nitrogens with zero attached hydrogens (tertiary/aromatic N) is 1. The van der Waals surface area contributed by atoms with Crippen molar-refractivity contribution in [1.82, 2.24) is 10.2 Å². The zero-order chi connectivity index (χ0) is 20.8. The molecule has 0 aromatic heterocycles. The average Bonchev–Trinajstić information content (AvgIpc) is 3.52. The first-order chi connectivity index (χ1) is 13.8. The third-order valence-corrected chi connectivity index (χ3v) is 6.65. The van der Waals surface area contributed by atoms with Gasteiger partial charge in [-0.15, -0.1) is 0 Å². The van der Waals surface area contributed by atoms with Gasteiger partial charge in [0.1, 0.15) is 6.10 Å². The predicted octanol–water partition coefficient (Wildman–Crippen LogP) is 2.87. The quantitative estimate of drug-likeness (QED) is 0.431. The number of urea groups is 1. The first kappa shape index (κ1) is 20.1. The maximum Gasteiger partial charge on any atom is 0.317 e. The Morgan fingerprint density at radius 1 is 1.34 bits per heavy atom. The minimum absolute atomic E-state index is 0.0718. The lowest BCUT2D eigenvalue weighted by atomic mass is 9.77. The molecule has 6 nitrogen and oxygen atoms in total. The normalized spacial score (nSPS) is 20.6. The number of nitrogens with two attached hydrogens (primary N) is 1. The Morgan fingerprint density at radius 2 is 2.03 bits per heavy atom. The summed E-state index contributed by atoms with van der Waals surface area (Å²) in [6.45, 7) is 1.15. The molecule has 0 bridgehead atoms. The van der Waals surface area contributed by atoms with Crippen LogP contribution < -0.4 is 11.1 Å². The van der Waals surface area contributed by atoms with Crippen molar-refractivity contribution >= 4 is 17.9 Å². The van der Waals surface area contributed by atoms with E-state index >= 15 is 8.78 Å². The standard InChI is InChI=1S/C21H28F2N4O2/c22-21(23,15-5-7-27(8-6-15)20(29)26-11-12-1-2-12)19(28)17-16-4-3-13(16)9-14(10-24)18(17)25/h9-10,12,15,19,24,28H,1-8,11,25H2,(H,26,29)/t19-/m1/s1. The number of amides is 2. The first-order valence-corrected chi connectivity index (χ1v) is 10.4. The summed E-state index contributed by atoms with van der Waals surface area (Å²) in [7, 11) is 0. The Hall–Kier alpha value is -2.22. The van der Waals surface area contributed by atoms with Crippen LogP contribution in [0.25, 0.3) is 0 Å². The number of nitrogen functional groups attached to an aromatic ring is 1. The second kappa shape index (κ2) is 7.55. The highest BCUT2D eigenvalue weighted by molar-refractivity contribution is 5.88. The van der Waals surface area contributed by atoms with Gasteiger partial charge < -0.3 is 26.5 Å². The van der Waals surface area contributed by atoms with Gasteiger partial charge in [-0.3, -0.25) is 0 Å². The molecule has 1 aliphatic heterocycles. The number of aryl methyl sites for hydroxylation is 1. The van der Waals surface area contributed by atoms with E-state index < -0.39 is 17.9 Å². The van der Waals surface area contributed by atoms with Crippen LogP contribution in [-0.2, 0) is 12.8 Å². The fourth-order valence-electron chi connectivity index (χ4n) is 4.43. The fraction of sp³-hybridized carbons (Fsp3) is 0.619. The molecule has 5 N–H and O–H groups in total. The van der Waals surface area contributed by atoms with Crippen LogP contribution in [0, 0.1) is 17.2 Å². The third-order valence-electron chi connectivity index (χ3n) is 6.65. The van der Waals surface area contributed by atoms with Gasteiger partial charge in [-0.05, 0) is 61.6 Å². The molecule has 0 radical (unpaired) electrons. The summed E-state index contributed by atoms with van der Waals surface area (Å²) in [4.78, 5) is 13.8. The maximum atomic E-state index is 15.2. The number of alkyl halides is 2. The van der Waals surface area contributed by atoms with Crippen molar-refractivity contribution in [2.45, 2.75) is 50.6 Å². The number of anilines is 1. The number of halogens is 2. The average molecular weight is 406 g/mol. The highest BCUT2D eigenvalue weighted by Crippen LogP contribution is 2.47. The van der Waals surface area contributed by atoms with Crippen molar-refractivity contribution in [2.24, 2.45) is 11.8 Å². The first-order valence-electron chi connectivity index (χ1n) is 10.4. The summed E-state index contributed by atoms with van der Waals surface area (Å²) < 4.78 is 30.5. The van der Waals surface area contributed by atoms with E-state index in [1.807, 2.05) is 0 Å². The molecule has 1 saturated carbocycles. The van der Waals surface area contributed by atoms with E-state index in [0.717, 1.165) is 31.0 Å². The second-order valence-electron chi connectivity index (χ2n) is 8.54. The molecule has 1 heterocycles. The van der Waals surface area contributed by atoms with Crippen LogP contribution in [0.4, 0.5) is 19.3 Å². The van der Waals surface area contributed by atoms with E-state index in [0.29, 0.717) is 30.0 Å². The van der Waals surface area contributed by atoms with Crippen LogP contribution in [0.15, 0.2) is 6.07 Å². The molecule has 29 heavy (non-hydrogen) atoms. The number of benzene rings is 1. The summed E-state index contributed by atoms with van der Waals surface area (Å²) in [5, 5.41) is 21.0. The topological polar surface area (TPSA) is 102 Å². The van der Waals surface area contributed by atoms with Gasteiger partial charge in [0.15, 0.2) is 0 Å². The maximum absolute atomic E-state index is 15.2. The van der Waals surface area contributed by atoms with Gasteiger partial charge in [0.2, 0.25) is 0 Å². The number of hydrogen-bond acceptors (Lipinski definition) is 4. The molecule has 1 aromatic carbocycles. The van der Waals surface area contributed by atoms with Crippen LogP contribution in [0.3, 0.4) is 0 Å². The summed E-state index contributed by atoms with van der Waals surface area (Å²) in [6, 6.07) is 1.55. The number of aliphatic hydroxyl groups excluding tert-OH is 1. The minimum atomic E-state index is -3.35. The molecule has 0 unspecified atom stereocenters. The third kappa shape index (κ3) is 3.70. The fourth-order valence-corrected chi connectivity index (χ4v) is 4.43. The summed E-state index contributed by atoms with van der Waals surface area (Å²) in [6.07, 6.45) is 2.94. The van der Waals surface area contributed by atoms with Gasteiger partial charge in [-0.25, -0.2) is 13.6 Å². The number of fused-ring (bicyclic) bond motifs is 1. The Bertz CT molecular complexity index is 817. The Morgan fingerprint density at radius 3 is 2.59 bits per heavy atom. The van der Waals surface area contributed by atoms with Crippen molar-refractivity contribution in [3.05, 3.63) is 28.3 Å². The van der Waals surface area contributed by atoms with Crippen molar-refractivity contribution in [1.29, 1.82) is 5.41 Å². The summed E-state index contributed by atoms with van der Waals surface area (Å²) in [5.74, 6) is -3.81. The molecular weight excluding hydrogens is 378 g/mol. The van der Waals surface area contributed by atoms with E-state index in [1.54, 1.807) is 11.0 Å². The molecule has 0 spiro atoms. The summed E-state index contributed by atoms with van der Waals surface area (Å²) >= 11 is 0. The largest absolute Gasteiger partial charge is 0.398 e. The molecule has 1 aromatic rings. The summed E-state index contributed by atoms with van der Waals surface area (Å²) in [5.41, 5.74) is 8.14. The van der Waals surface area contributed by atoms with Crippen molar-refractivity contribution in [3.8, 4) is 0 Å². The van der Waals surface area contributed by atoms with E-state index in [1.165, 1.54) is 0 Å². The minimum Gasteiger partial charge on any atom is -0.398 e. The Labute approximate surface area is 169 Å².